The lowest BCUT2D eigenvalue weighted by molar-refractivity contribution is 0.0570. The van der Waals surface area contributed by atoms with Gasteiger partial charge in [0, 0.05) is 12.6 Å². The number of rotatable bonds is 4. The van der Waals surface area contributed by atoms with Crippen molar-refractivity contribution in [2.45, 2.75) is 58.9 Å². The van der Waals surface area contributed by atoms with Crippen LogP contribution < -0.4 is 5.73 Å². The molecular formula is C16H32N2. The topological polar surface area (TPSA) is 29.3 Å². The fourth-order valence-corrected chi connectivity index (χ4v) is 3.65. The van der Waals surface area contributed by atoms with Crippen LogP contribution in [0.4, 0.5) is 0 Å². The summed E-state index contributed by atoms with van der Waals surface area (Å²) in [7, 11) is 2.33. The minimum Gasteiger partial charge on any atom is -0.330 e. The second-order valence-electron chi connectivity index (χ2n) is 7.82. The Kier molecular flexibility index (Phi) is 4.38. The molecular weight excluding hydrogens is 220 g/mol. The van der Waals surface area contributed by atoms with Gasteiger partial charge in [0.15, 0.2) is 0 Å². The highest BCUT2D eigenvalue weighted by molar-refractivity contribution is 4.91. The van der Waals surface area contributed by atoms with Gasteiger partial charge in [-0.1, -0.05) is 20.8 Å². The van der Waals surface area contributed by atoms with Gasteiger partial charge in [-0.3, -0.25) is 0 Å². The summed E-state index contributed by atoms with van der Waals surface area (Å²) in [5.41, 5.74) is 6.46. The zero-order chi connectivity index (χ0) is 13.3. The van der Waals surface area contributed by atoms with E-state index in [2.05, 4.69) is 32.7 Å². The summed E-state index contributed by atoms with van der Waals surface area (Å²) in [5, 5.41) is 0. The Morgan fingerprint density at radius 3 is 2.28 bits per heavy atom. The van der Waals surface area contributed by atoms with Gasteiger partial charge in [-0.05, 0) is 68.9 Å². The van der Waals surface area contributed by atoms with Gasteiger partial charge in [0.05, 0.1) is 0 Å². The minimum atomic E-state index is 0.457. The monoisotopic (exact) mass is 252 g/mol. The number of nitrogens with two attached hydrogens (primary N) is 1. The molecule has 0 saturated heterocycles. The van der Waals surface area contributed by atoms with Crippen LogP contribution in [0.5, 0.6) is 0 Å². The average molecular weight is 252 g/mol. The molecule has 3 unspecified atom stereocenters. The number of hydrogen-bond acceptors (Lipinski definition) is 2. The molecule has 0 aromatic heterocycles. The summed E-state index contributed by atoms with van der Waals surface area (Å²) in [6.45, 7) is 9.38. The molecule has 106 valence electrons. The third-order valence-corrected chi connectivity index (χ3v) is 5.29. The summed E-state index contributed by atoms with van der Waals surface area (Å²) in [6.07, 6.45) is 6.96. The van der Waals surface area contributed by atoms with E-state index in [0.29, 0.717) is 5.41 Å². The maximum absolute atomic E-state index is 6.01. The summed E-state index contributed by atoms with van der Waals surface area (Å²) < 4.78 is 0. The highest BCUT2D eigenvalue weighted by atomic mass is 15.1. The van der Waals surface area contributed by atoms with E-state index < -0.39 is 0 Å². The molecule has 2 fully saturated rings. The molecule has 0 amide bonds. The van der Waals surface area contributed by atoms with E-state index in [-0.39, 0.29) is 0 Å². The predicted octanol–water partition coefficient (Wildman–Crippen LogP) is 3.12. The predicted molar refractivity (Wildman–Crippen MR) is 78.5 cm³/mol. The molecule has 2 N–H and O–H groups in total. The highest BCUT2D eigenvalue weighted by Gasteiger charge is 2.38. The van der Waals surface area contributed by atoms with E-state index in [1.54, 1.807) is 0 Å². The molecule has 18 heavy (non-hydrogen) atoms. The van der Waals surface area contributed by atoms with Gasteiger partial charge in [-0.25, -0.2) is 0 Å². The first-order chi connectivity index (χ1) is 8.41. The number of hydrogen-bond donors (Lipinski definition) is 1. The van der Waals surface area contributed by atoms with Crippen molar-refractivity contribution in [3.8, 4) is 0 Å². The lowest BCUT2D eigenvalue weighted by Crippen LogP contribution is -2.47. The third kappa shape index (κ3) is 3.48. The molecule has 0 bridgehead atoms. The van der Waals surface area contributed by atoms with Gasteiger partial charge in [-0.2, -0.15) is 0 Å². The van der Waals surface area contributed by atoms with Crippen LogP contribution in [0.3, 0.4) is 0 Å². The maximum atomic E-state index is 6.01. The summed E-state index contributed by atoms with van der Waals surface area (Å²) in [4.78, 5) is 2.63. The van der Waals surface area contributed by atoms with E-state index in [1.165, 1.54) is 38.6 Å². The van der Waals surface area contributed by atoms with Crippen LogP contribution in [0.25, 0.3) is 0 Å². The van der Waals surface area contributed by atoms with Gasteiger partial charge in [0.2, 0.25) is 0 Å². The Hall–Kier alpha value is -0.0800. The summed E-state index contributed by atoms with van der Waals surface area (Å²) in [5.74, 6) is 2.59. The van der Waals surface area contributed by atoms with Crippen LogP contribution in [-0.2, 0) is 0 Å². The fraction of sp³-hybridized carbons (Fsp3) is 1.00. The van der Waals surface area contributed by atoms with Gasteiger partial charge in [0.25, 0.3) is 0 Å². The largest absolute Gasteiger partial charge is 0.330 e. The molecule has 0 spiro atoms. The fourth-order valence-electron chi connectivity index (χ4n) is 3.65. The van der Waals surface area contributed by atoms with Crippen molar-refractivity contribution in [3.63, 3.8) is 0 Å². The first-order valence-electron chi connectivity index (χ1n) is 7.82. The maximum Gasteiger partial charge on any atom is 0.0135 e. The average Bonchev–Trinajstić information content (AvgIpc) is 3.10. The lowest BCUT2D eigenvalue weighted by atomic mass is 9.67. The highest BCUT2D eigenvalue weighted by Crippen LogP contribution is 2.42. The Balaban J connectivity index is 1.97. The Labute approximate surface area is 113 Å². The molecule has 0 aromatic rings. The molecule has 2 aliphatic carbocycles. The first-order valence-corrected chi connectivity index (χ1v) is 7.82. The van der Waals surface area contributed by atoms with E-state index in [4.69, 9.17) is 5.73 Å². The molecule has 0 heterocycles. The van der Waals surface area contributed by atoms with E-state index in [9.17, 15) is 0 Å². The quantitative estimate of drug-likeness (QED) is 0.833. The molecule has 2 saturated carbocycles. The number of nitrogens with zero attached hydrogens (tertiary/aromatic N) is 1. The first kappa shape index (κ1) is 14.3. The van der Waals surface area contributed by atoms with Crippen molar-refractivity contribution in [3.05, 3.63) is 0 Å². The summed E-state index contributed by atoms with van der Waals surface area (Å²) in [6, 6.07) is 0.730. The Bertz CT molecular complexity index is 265. The molecule has 2 aliphatic rings. The van der Waals surface area contributed by atoms with E-state index in [1.807, 2.05) is 0 Å². The van der Waals surface area contributed by atoms with Crippen LogP contribution in [0.1, 0.15) is 52.9 Å². The van der Waals surface area contributed by atoms with Crippen LogP contribution in [0.15, 0.2) is 0 Å². The van der Waals surface area contributed by atoms with Crippen LogP contribution >= 0.6 is 0 Å². The van der Waals surface area contributed by atoms with Crippen LogP contribution in [0, 0.1) is 23.2 Å². The van der Waals surface area contributed by atoms with Crippen molar-refractivity contribution in [1.29, 1.82) is 0 Å². The molecule has 0 aliphatic heterocycles. The van der Waals surface area contributed by atoms with Gasteiger partial charge in [0.1, 0.15) is 0 Å². The summed E-state index contributed by atoms with van der Waals surface area (Å²) >= 11 is 0. The molecule has 2 nitrogen and oxygen atoms in total. The molecule has 0 radical (unpaired) electrons. The third-order valence-electron chi connectivity index (χ3n) is 5.29. The van der Waals surface area contributed by atoms with Gasteiger partial charge >= 0.3 is 0 Å². The van der Waals surface area contributed by atoms with Crippen molar-refractivity contribution in [2.24, 2.45) is 28.9 Å². The smallest absolute Gasteiger partial charge is 0.0135 e. The van der Waals surface area contributed by atoms with E-state index in [0.717, 1.165) is 30.3 Å². The van der Waals surface area contributed by atoms with Gasteiger partial charge < -0.3 is 10.6 Å². The Morgan fingerprint density at radius 2 is 1.78 bits per heavy atom. The molecule has 3 atom stereocenters. The lowest BCUT2D eigenvalue weighted by Gasteiger charge is -2.45. The minimum absolute atomic E-state index is 0.457. The van der Waals surface area contributed by atoms with E-state index >= 15 is 0 Å². The van der Waals surface area contributed by atoms with Crippen molar-refractivity contribution < 1.29 is 0 Å². The zero-order valence-electron chi connectivity index (χ0n) is 12.8. The second-order valence-corrected chi connectivity index (χ2v) is 7.82. The molecule has 2 heteroatoms. The molecule has 0 aromatic carbocycles. The molecule has 2 rings (SSSR count). The van der Waals surface area contributed by atoms with Crippen molar-refractivity contribution in [1.82, 2.24) is 4.90 Å². The normalized spacial score (nSPS) is 34.0. The Morgan fingerprint density at radius 1 is 1.11 bits per heavy atom. The van der Waals surface area contributed by atoms with Crippen LogP contribution in [-0.4, -0.2) is 31.1 Å². The second kappa shape index (κ2) is 5.50. The zero-order valence-corrected chi connectivity index (χ0v) is 12.8. The SMILES string of the molecule is CN(CC1CC1)C1CC(C(C)(C)C)CCC1CN. The van der Waals surface area contributed by atoms with Crippen LogP contribution in [0.2, 0.25) is 0 Å². The van der Waals surface area contributed by atoms with Crippen molar-refractivity contribution >= 4 is 0 Å². The van der Waals surface area contributed by atoms with Crippen molar-refractivity contribution in [2.75, 3.05) is 20.1 Å². The van der Waals surface area contributed by atoms with Gasteiger partial charge in [-0.15, -0.1) is 0 Å². The standard InChI is InChI=1S/C16H32N2/c1-16(2,3)14-8-7-13(10-17)15(9-14)18(4)11-12-5-6-12/h12-15H,5-11,17H2,1-4H3.